The van der Waals surface area contributed by atoms with Gasteiger partial charge in [0.2, 0.25) is 5.91 Å². The Bertz CT molecular complexity index is 1080. The number of nitrogens with zero attached hydrogens (tertiary/aromatic N) is 1. The van der Waals surface area contributed by atoms with E-state index in [0.717, 1.165) is 37.0 Å². The van der Waals surface area contributed by atoms with Gasteiger partial charge < -0.3 is 15.4 Å². The number of benzene rings is 2. The molecule has 0 spiro atoms. The van der Waals surface area contributed by atoms with Gasteiger partial charge in [-0.25, -0.2) is 0 Å². The van der Waals surface area contributed by atoms with E-state index >= 15 is 0 Å². The minimum Gasteiger partial charge on any atom is -0.497 e. The second-order valence-electron chi connectivity index (χ2n) is 7.75. The number of aromatic nitrogens is 1. The Kier molecular flexibility index (Phi) is 5.98. The predicted octanol–water partition coefficient (Wildman–Crippen LogP) is 4.79. The van der Waals surface area contributed by atoms with Gasteiger partial charge in [-0.3, -0.25) is 14.6 Å². The zero-order valence-corrected chi connectivity index (χ0v) is 17.4. The number of hydrogen-bond donors (Lipinski definition) is 2. The zero-order valence-electron chi connectivity index (χ0n) is 17.4. The fourth-order valence-corrected chi connectivity index (χ4v) is 4.17. The molecule has 2 amide bonds. The van der Waals surface area contributed by atoms with E-state index in [4.69, 9.17) is 4.74 Å². The van der Waals surface area contributed by atoms with E-state index in [9.17, 15) is 9.59 Å². The lowest BCUT2D eigenvalue weighted by molar-refractivity contribution is -0.121. The van der Waals surface area contributed by atoms with Gasteiger partial charge >= 0.3 is 0 Å². The van der Waals surface area contributed by atoms with Gasteiger partial charge in [0, 0.05) is 29.3 Å². The predicted molar refractivity (Wildman–Crippen MR) is 120 cm³/mol. The van der Waals surface area contributed by atoms with Crippen molar-refractivity contribution in [1.29, 1.82) is 0 Å². The largest absolute Gasteiger partial charge is 0.497 e. The number of anilines is 2. The molecule has 2 N–H and O–H groups in total. The van der Waals surface area contributed by atoms with E-state index in [1.807, 2.05) is 24.3 Å². The standard InChI is InChI=1S/C25H25N3O3/c1-31-22-9-5-7-19(17-22)25(12-2-3-13-25)24(30)28-21-8-4-6-18(16-21)23(29)27-20-10-14-26-15-11-20/h4-11,14-17H,2-3,12-13H2,1H3,(H,28,30)(H,26,27,29). The molecule has 158 valence electrons. The number of nitrogens with one attached hydrogen (secondary N) is 2. The van der Waals surface area contributed by atoms with Crippen LogP contribution < -0.4 is 15.4 Å². The topological polar surface area (TPSA) is 80.3 Å². The summed E-state index contributed by atoms with van der Waals surface area (Å²) < 4.78 is 5.37. The first kappa shape index (κ1) is 20.6. The summed E-state index contributed by atoms with van der Waals surface area (Å²) in [7, 11) is 1.63. The molecule has 31 heavy (non-hydrogen) atoms. The van der Waals surface area contributed by atoms with Gasteiger partial charge in [0.1, 0.15) is 5.75 Å². The Morgan fingerprint density at radius 2 is 1.65 bits per heavy atom. The molecule has 0 atom stereocenters. The molecule has 0 aliphatic heterocycles. The van der Waals surface area contributed by atoms with E-state index in [1.165, 1.54) is 0 Å². The highest BCUT2D eigenvalue weighted by molar-refractivity contribution is 6.06. The van der Waals surface area contributed by atoms with Crippen molar-refractivity contribution < 1.29 is 14.3 Å². The van der Waals surface area contributed by atoms with E-state index in [2.05, 4.69) is 15.6 Å². The Labute approximate surface area is 181 Å². The third kappa shape index (κ3) is 4.43. The molecule has 1 fully saturated rings. The molecular weight excluding hydrogens is 390 g/mol. The summed E-state index contributed by atoms with van der Waals surface area (Å²) in [5.74, 6) is 0.446. The number of carbonyl (C=O) groups is 2. The van der Waals surface area contributed by atoms with Crippen LogP contribution in [-0.4, -0.2) is 23.9 Å². The highest BCUT2D eigenvalue weighted by atomic mass is 16.5. The maximum absolute atomic E-state index is 13.4. The van der Waals surface area contributed by atoms with Crippen molar-refractivity contribution in [2.45, 2.75) is 31.1 Å². The Morgan fingerprint density at radius 3 is 2.39 bits per heavy atom. The number of carbonyl (C=O) groups excluding carboxylic acids is 2. The van der Waals surface area contributed by atoms with Gasteiger partial charge in [0.15, 0.2) is 0 Å². The summed E-state index contributed by atoms with van der Waals surface area (Å²) in [6.45, 7) is 0. The number of hydrogen-bond acceptors (Lipinski definition) is 4. The summed E-state index contributed by atoms with van der Waals surface area (Å²) in [6.07, 6.45) is 6.80. The number of amides is 2. The first-order valence-electron chi connectivity index (χ1n) is 10.4. The maximum atomic E-state index is 13.4. The van der Waals surface area contributed by atoms with Crippen LogP contribution in [0.1, 0.15) is 41.6 Å². The monoisotopic (exact) mass is 415 g/mol. The van der Waals surface area contributed by atoms with Gasteiger partial charge in [-0.1, -0.05) is 31.0 Å². The van der Waals surface area contributed by atoms with E-state index in [1.54, 1.807) is 55.9 Å². The average Bonchev–Trinajstić information content (AvgIpc) is 3.31. The normalized spacial score (nSPS) is 14.6. The van der Waals surface area contributed by atoms with Crippen molar-refractivity contribution in [3.05, 3.63) is 84.2 Å². The van der Waals surface area contributed by atoms with Crippen molar-refractivity contribution in [3.8, 4) is 5.75 Å². The van der Waals surface area contributed by atoms with Crippen molar-refractivity contribution in [2.24, 2.45) is 0 Å². The second kappa shape index (κ2) is 9.00. The minimum absolute atomic E-state index is 0.0510. The molecule has 0 unspecified atom stereocenters. The van der Waals surface area contributed by atoms with E-state index < -0.39 is 5.41 Å². The van der Waals surface area contributed by atoms with Gasteiger partial charge in [0.05, 0.1) is 12.5 Å². The van der Waals surface area contributed by atoms with Crippen LogP contribution in [0.3, 0.4) is 0 Å². The third-order valence-electron chi connectivity index (χ3n) is 5.83. The van der Waals surface area contributed by atoms with Crippen LogP contribution in [0.25, 0.3) is 0 Å². The van der Waals surface area contributed by atoms with E-state index in [0.29, 0.717) is 16.9 Å². The van der Waals surface area contributed by atoms with Crippen molar-refractivity contribution >= 4 is 23.2 Å². The highest BCUT2D eigenvalue weighted by Crippen LogP contribution is 2.43. The van der Waals surface area contributed by atoms with Crippen LogP contribution >= 0.6 is 0 Å². The first-order valence-corrected chi connectivity index (χ1v) is 10.4. The molecule has 4 rings (SSSR count). The number of pyridine rings is 1. The van der Waals surface area contributed by atoms with Gasteiger partial charge in [0.25, 0.3) is 5.91 Å². The smallest absolute Gasteiger partial charge is 0.255 e. The van der Waals surface area contributed by atoms with Crippen molar-refractivity contribution in [1.82, 2.24) is 4.98 Å². The quantitative estimate of drug-likeness (QED) is 0.606. The molecule has 0 radical (unpaired) electrons. The maximum Gasteiger partial charge on any atom is 0.255 e. The zero-order chi connectivity index (χ0) is 21.7. The second-order valence-corrected chi connectivity index (χ2v) is 7.75. The highest BCUT2D eigenvalue weighted by Gasteiger charge is 2.43. The Balaban J connectivity index is 1.54. The number of methoxy groups -OCH3 is 1. The lowest BCUT2D eigenvalue weighted by Crippen LogP contribution is -2.38. The molecule has 0 saturated heterocycles. The molecule has 6 nitrogen and oxygen atoms in total. The summed E-state index contributed by atoms with van der Waals surface area (Å²) >= 11 is 0. The van der Waals surface area contributed by atoms with Crippen LogP contribution in [0, 0.1) is 0 Å². The summed E-state index contributed by atoms with van der Waals surface area (Å²) in [5, 5.41) is 5.88. The van der Waals surface area contributed by atoms with Crippen LogP contribution in [0.5, 0.6) is 5.75 Å². The number of ether oxygens (including phenoxy) is 1. The fraction of sp³-hybridized carbons (Fsp3) is 0.240. The summed E-state index contributed by atoms with van der Waals surface area (Å²) in [4.78, 5) is 30.0. The Morgan fingerprint density at radius 1 is 0.903 bits per heavy atom. The van der Waals surface area contributed by atoms with Crippen LogP contribution in [0.2, 0.25) is 0 Å². The lowest BCUT2D eigenvalue weighted by atomic mass is 9.78. The molecule has 1 aliphatic carbocycles. The average molecular weight is 415 g/mol. The summed E-state index contributed by atoms with van der Waals surface area (Å²) in [5.41, 5.74) is 2.10. The van der Waals surface area contributed by atoms with Gasteiger partial charge in [-0.15, -0.1) is 0 Å². The van der Waals surface area contributed by atoms with Gasteiger partial charge in [-0.2, -0.15) is 0 Å². The fourth-order valence-electron chi connectivity index (χ4n) is 4.17. The molecule has 1 saturated carbocycles. The molecule has 3 aromatic rings. The third-order valence-corrected chi connectivity index (χ3v) is 5.83. The molecule has 1 aliphatic rings. The Hall–Kier alpha value is -3.67. The molecule has 1 heterocycles. The van der Waals surface area contributed by atoms with Crippen LogP contribution in [0.4, 0.5) is 11.4 Å². The van der Waals surface area contributed by atoms with E-state index in [-0.39, 0.29) is 11.8 Å². The molecule has 6 heteroatoms. The SMILES string of the molecule is COc1cccc(C2(C(=O)Nc3cccc(C(=O)Nc4ccncc4)c3)CCCC2)c1. The van der Waals surface area contributed by atoms with Crippen LogP contribution in [-0.2, 0) is 10.2 Å². The molecule has 0 bridgehead atoms. The summed E-state index contributed by atoms with van der Waals surface area (Å²) in [6, 6.07) is 18.2. The first-order chi connectivity index (χ1) is 15.1. The molecule has 2 aromatic carbocycles. The van der Waals surface area contributed by atoms with Crippen LogP contribution in [0.15, 0.2) is 73.1 Å². The van der Waals surface area contributed by atoms with Crippen molar-refractivity contribution in [3.63, 3.8) is 0 Å². The van der Waals surface area contributed by atoms with Crippen molar-refractivity contribution in [2.75, 3.05) is 17.7 Å². The minimum atomic E-state index is -0.593. The lowest BCUT2D eigenvalue weighted by Gasteiger charge is -2.28. The molecular formula is C25H25N3O3. The number of rotatable bonds is 6. The molecule has 1 aromatic heterocycles. The van der Waals surface area contributed by atoms with Gasteiger partial charge in [-0.05, 0) is 60.9 Å².